The van der Waals surface area contributed by atoms with Crippen LogP contribution in [0.4, 0.5) is 0 Å². The Balaban J connectivity index is 0. The second kappa shape index (κ2) is 24.8. The van der Waals surface area contributed by atoms with Gasteiger partial charge in [-0.25, -0.2) is 0 Å². The maximum atomic E-state index is 10.2. The number of hydrogen-bond acceptors (Lipinski definition) is 4. The zero-order valence-electron chi connectivity index (χ0n) is 16.3. The Morgan fingerprint density at radius 3 is 1.62 bits per heavy atom. The van der Waals surface area contributed by atoms with E-state index in [2.05, 4.69) is 11.8 Å². The van der Waals surface area contributed by atoms with Crippen molar-refractivity contribution in [3.8, 4) is 0 Å². The number of rotatable bonds is 18. The molecule has 0 spiro atoms. The molecule has 146 valence electrons. The van der Waals surface area contributed by atoms with Gasteiger partial charge < -0.3 is 19.9 Å². The molecule has 24 heavy (non-hydrogen) atoms. The number of carbonyl (C=O) groups is 1. The Bertz CT molecular complexity index is 225. The van der Waals surface area contributed by atoms with E-state index in [1.54, 1.807) is 0 Å². The van der Waals surface area contributed by atoms with Crippen molar-refractivity contribution >= 4 is 6.29 Å². The van der Waals surface area contributed by atoms with Crippen LogP contribution in [0, 0.1) is 0 Å². The van der Waals surface area contributed by atoms with Gasteiger partial charge in [-0.05, 0) is 51.7 Å². The second-order valence-corrected chi connectivity index (χ2v) is 6.41. The molecular formula is C20H43NO3. The molecule has 0 aromatic rings. The molecule has 0 aliphatic carbocycles. The Kier molecular flexibility index (Phi) is 26.6. The molecule has 2 N–H and O–H groups in total. The highest BCUT2D eigenvalue weighted by Gasteiger charge is 2.03. The third-order valence-corrected chi connectivity index (χ3v) is 4.22. The van der Waals surface area contributed by atoms with Crippen LogP contribution < -0.4 is 0 Å². The summed E-state index contributed by atoms with van der Waals surface area (Å²) in [6.45, 7) is 6.33. The lowest BCUT2D eigenvalue weighted by atomic mass is 10.1. The summed E-state index contributed by atoms with van der Waals surface area (Å²) in [5.74, 6) is 0. The van der Waals surface area contributed by atoms with E-state index in [-0.39, 0.29) is 0 Å². The molecule has 0 heterocycles. The molecule has 0 aliphatic rings. The van der Waals surface area contributed by atoms with Gasteiger partial charge in [0, 0.05) is 20.1 Å². The van der Waals surface area contributed by atoms with Crippen molar-refractivity contribution in [3.05, 3.63) is 0 Å². The van der Waals surface area contributed by atoms with Gasteiger partial charge in [0.25, 0.3) is 0 Å². The van der Waals surface area contributed by atoms with Crippen LogP contribution in [0.3, 0.4) is 0 Å². The van der Waals surface area contributed by atoms with E-state index in [1.807, 2.05) is 0 Å². The lowest BCUT2D eigenvalue weighted by molar-refractivity contribution is -0.107. The predicted molar refractivity (Wildman–Crippen MR) is 103 cm³/mol. The number of carbonyl (C=O) groups excluding carboxylic acids is 1. The molecule has 0 aromatic heterocycles. The van der Waals surface area contributed by atoms with Crippen molar-refractivity contribution in [1.82, 2.24) is 4.90 Å². The number of aliphatic hydroxyl groups excluding tert-OH is 2. The van der Waals surface area contributed by atoms with E-state index in [4.69, 9.17) is 10.2 Å². The molecule has 0 radical (unpaired) electrons. The zero-order chi connectivity index (χ0) is 18.3. The quantitative estimate of drug-likeness (QED) is 0.289. The number of aliphatic hydroxyl groups is 2. The van der Waals surface area contributed by atoms with E-state index >= 15 is 0 Å². The van der Waals surface area contributed by atoms with Crippen LogP contribution in [0.5, 0.6) is 0 Å². The first-order valence-corrected chi connectivity index (χ1v) is 10.1. The SMILES string of the molecule is CCCN(CCCCCCCC=O)CCCCCCCCO.CO. The first kappa shape index (κ1) is 25.8. The molecular weight excluding hydrogens is 302 g/mol. The summed E-state index contributed by atoms with van der Waals surface area (Å²) in [5.41, 5.74) is 0. The average molecular weight is 346 g/mol. The van der Waals surface area contributed by atoms with E-state index in [1.165, 1.54) is 83.8 Å². The lowest BCUT2D eigenvalue weighted by Gasteiger charge is -2.21. The summed E-state index contributed by atoms with van der Waals surface area (Å²) in [4.78, 5) is 12.9. The molecule has 0 unspecified atom stereocenters. The fourth-order valence-electron chi connectivity index (χ4n) is 2.90. The van der Waals surface area contributed by atoms with Crippen LogP contribution in [0.2, 0.25) is 0 Å². The topological polar surface area (TPSA) is 60.8 Å². The normalized spacial score (nSPS) is 10.5. The second-order valence-electron chi connectivity index (χ2n) is 6.41. The number of aldehydes is 1. The Morgan fingerprint density at radius 2 is 1.17 bits per heavy atom. The minimum Gasteiger partial charge on any atom is -0.400 e. The van der Waals surface area contributed by atoms with Crippen molar-refractivity contribution in [2.75, 3.05) is 33.4 Å². The highest BCUT2D eigenvalue weighted by molar-refractivity contribution is 5.48. The standard InChI is InChI=1S/C19H39NO2.CH4O/c1-2-15-20(16-11-7-3-5-9-13-18-21)17-12-8-4-6-10-14-19-22;1-2/h18,22H,2-17,19H2,1H3;2H,1H3. The molecule has 0 aliphatic heterocycles. The molecule has 0 amide bonds. The van der Waals surface area contributed by atoms with E-state index in [0.717, 1.165) is 32.7 Å². The van der Waals surface area contributed by atoms with Crippen LogP contribution >= 0.6 is 0 Å². The average Bonchev–Trinajstić information content (AvgIpc) is 2.61. The predicted octanol–water partition coefficient (Wildman–Crippen LogP) is 4.18. The first-order chi connectivity index (χ1) is 11.8. The van der Waals surface area contributed by atoms with E-state index < -0.39 is 0 Å². The largest absolute Gasteiger partial charge is 0.400 e. The zero-order valence-corrected chi connectivity index (χ0v) is 16.3. The van der Waals surface area contributed by atoms with Crippen molar-refractivity contribution in [3.63, 3.8) is 0 Å². The third kappa shape index (κ3) is 21.6. The highest BCUT2D eigenvalue weighted by Crippen LogP contribution is 2.09. The van der Waals surface area contributed by atoms with Crippen LogP contribution in [0.25, 0.3) is 0 Å². The van der Waals surface area contributed by atoms with Crippen LogP contribution in [0.15, 0.2) is 0 Å². The highest BCUT2D eigenvalue weighted by atomic mass is 16.3. The minimum absolute atomic E-state index is 0.347. The minimum atomic E-state index is 0.347. The number of hydrogen-bond donors (Lipinski definition) is 2. The van der Waals surface area contributed by atoms with Crippen molar-refractivity contribution in [1.29, 1.82) is 0 Å². The number of unbranched alkanes of at least 4 members (excludes halogenated alkanes) is 10. The Morgan fingerprint density at radius 1 is 0.708 bits per heavy atom. The molecule has 4 nitrogen and oxygen atoms in total. The summed E-state index contributed by atoms with van der Waals surface area (Å²) in [6.07, 6.45) is 16.6. The van der Waals surface area contributed by atoms with Crippen molar-refractivity contribution < 1.29 is 15.0 Å². The fourth-order valence-corrected chi connectivity index (χ4v) is 2.90. The first-order valence-electron chi connectivity index (χ1n) is 10.1. The summed E-state index contributed by atoms with van der Waals surface area (Å²) >= 11 is 0. The molecule has 0 saturated heterocycles. The molecule has 0 saturated carbocycles. The molecule has 0 atom stereocenters. The summed E-state index contributed by atoms with van der Waals surface area (Å²) in [5, 5.41) is 15.7. The van der Waals surface area contributed by atoms with Crippen molar-refractivity contribution in [2.24, 2.45) is 0 Å². The van der Waals surface area contributed by atoms with Gasteiger partial charge in [-0.1, -0.05) is 51.9 Å². The number of nitrogens with zero attached hydrogens (tertiary/aromatic N) is 1. The van der Waals surface area contributed by atoms with Gasteiger partial charge in [-0.2, -0.15) is 0 Å². The van der Waals surface area contributed by atoms with Gasteiger partial charge in [0.15, 0.2) is 0 Å². The molecule has 0 aromatic carbocycles. The van der Waals surface area contributed by atoms with Crippen LogP contribution in [-0.4, -0.2) is 54.8 Å². The Labute approximate surface area is 150 Å². The third-order valence-electron chi connectivity index (χ3n) is 4.22. The summed E-state index contributed by atoms with van der Waals surface area (Å²) in [6, 6.07) is 0. The lowest BCUT2D eigenvalue weighted by Crippen LogP contribution is -2.27. The van der Waals surface area contributed by atoms with Crippen LogP contribution in [0.1, 0.15) is 90.4 Å². The molecule has 0 bridgehead atoms. The van der Waals surface area contributed by atoms with Gasteiger partial charge in [0.05, 0.1) is 0 Å². The smallest absolute Gasteiger partial charge is 0.119 e. The van der Waals surface area contributed by atoms with Gasteiger partial charge in [0.1, 0.15) is 6.29 Å². The summed E-state index contributed by atoms with van der Waals surface area (Å²) < 4.78 is 0. The van der Waals surface area contributed by atoms with Gasteiger partial charge in [-0.15, -0.1) is 0 Å². The Hall–Kier alpha value is -0.450. The van der Waals surface area contributed by atoms with Crippen LogP contribution in [-0.2, 0) is 4.79 Å². The molecule has 0 fully saturated rings. The maximum absolute atomic E-state index is 10.2. The fraction of sp³-hybridized carbons (Fsp3) is 0.950. The molecule has 4 heteroatoms. The van der Waals surface area contributed by atoms with Gasteiger partial charge in [-0.3, -0.25) is 0 Å². The van der Waals surface area contributed by atoms with Gasteiger partial charge >= 0.3 is 0 Å². The molecule has 0 rings (SSSR count). The summed E-state index contributed by atoms with van der Waals surface area (Å²) in [7, 11) is 1.00. The van der Waals surface area contributed by atoms with Crippen molar-refractivity contribution in [2.45, 2.75) is 90.4 Å². The van der Waals surface area contributed by atoms with E-state index in [0.29, 0.717) is 6.61 Å². The van der Waals surface area contributed by atoms with Gasteiger partial charge in [0.2, 0.25) is 0 Å². The maximum Gasteiger partial charge on any atom is 0.119 e. The van der Waals surface area contributed by atoms with E-state index in [9.17, 15) is 4.79 Å². The monoisotopic (exact) mass is 345 g/mol.